The van der Waals surface area contributed by atoms with Crippen LogP contribution in [0.4, 0.5) is 5.95 Å². The lowest BCUT2D eigenvalue weighted by atomic mass is 10.0. The summed E-state index contributed by atoms with van der Waals surface area (Å²) in [5, 5.41) is 0. The molecule has 2 aromatic heterocycles. The predicted molar refractivity (Wildman–Crippen MR) is 85.5 cm³/mol. The molecular weight excluding hydrogens is 266 g/mol. The highest BCUT2D eigenvalue weighted by atomic mass is 16.5. The second-order valence-electron chi connectivity index (χ2n) is 6.08. The smallest absolute Gasteiger partial charge is 0.215 e. The predicted octanol–water partition coefficient (Wildman–Crippen LogP) is 2.17. The van der Waals surface area contributed by atoms with E-state index in [9.17, 15) is 0 Å². The highest BCUT2D eigenvalue weighted by Crippen LogP contribution is 2.27. The van der Waals surface area contributed by atoms with E-state index in [0.29, 0.717) is 17.7 Å². The van der Waals surface area contributed by atoms with Gasteiger partial charge in [0.05, 0.1) is 13.2 Å². The maximum Gasteiger partial charge on any atom is 0.215 e. The number of nitrogens with zero attached hydrogens (tertiary/aromatic N) is 4. The normalized spacial score (nSPS) is 13.3. The van der Waals surface area contributed by atoms with Crippen molar-refractivity contribution in [3.8, 4) is 5.88 Å². The standard InChI is InChI=1S/C15H25N5O/c1-10(2)8-11(9-19(3)4)20-14-12(17-15(20)16)6-7-13(18-14)21-5/h6-7,10-11H,8-9H2,1-5H3,(H2,16,17). The van der Waals surface area contributed by atoms with Gasteiger partial charge in [-0.15, -0.1) is 0 Å². The van der Waals surface area contributed by atoms with Crippen molar-refractivity contribution in [3.63, 3.8) is 0 Å². The van der Waals surface area contributed by atoms with E-state index in [1.54, 1.807) is 7.11 Å². The van der Waals surface area contributed by atoms with Gasteiger partial charge in [-0.1, -0.05) is 13.8 Å². The number of aromatic nitrogens is 3. The first-order chi connectivity index (χ1) is 9.92. The van der Waals surface area contributed by atoms with Crippen molar-refractivity contribution >= 4 is 17.1 Å². The molecule has 0 saturated heterocycles. The number of fused-ring (bicyclic) bond motifs is 1. The van der Waals surface area contributed by atoms with Crippen molar-refractivity contribution in [2.24, 2.45) is 5.92 Å². The zero-order valence-electron chi connectivity index (χ0n) is 13.5. The number of hydrogen-bond donors (Lipinski definition) is 1. The van der Waals surface area contributed by atoms with Crippen LogP contribution >= 0.6 is 0 Å². The van der Waals surface area contributed by atoms with Crippen molar-refractivity contribution in [2.75, 3.05) is 33.5 Å². The molecule has 0 bridgehead atoms. The zero-order valence-corrected chi connectivity index (χ0v) is 13.5. The molecule has 2 rings (SSSR count). The van der Waals surface area contributed by atoms with E-state index in [0.717, 1.165) is 24.1 Å². The van der Waals surface area contributed by atoms with Crippen LogP contribution in [0.3, 0.4) is 0 Å². The number of nitrogen functional groups attached to an aromatic ring is 1. The van der Waals surface area contributed by atoms with Gasteiger partial charge < -0.3 is 15.4 Å². The molecule has 0 spiro atoms. The number of imidazole rings is 1. The molecule has 1 unspecified atom stereocenters. The summed E-state index contributed by atoms with van der Waals surface area (Å²) in [6.45, 7) is 5.32. The molecule has 0 radical (unpaired) electrons. The van der Waals surface area contributed by atoms with Gasteiger partial charge in [0.1, 0.15) is 5.52 Å². The van der Waals surface area contributed by atoms with Crippen LogP contribution in [0, 0.1) is 5.92 Å². The Bertz CT molecular complexity index is 595. The van der Waals surface area contributed by atoms with Crippen LogP contribution < -0.4 is 10.5 Å². The second kappa shape index (κ2) is 6.30. The van der Waals surface area contributed by atoms with E-state index in [-0.39, 0.29) is 6.04 Å². The highest BCUT2D eigenvalue weighted by molar-refractivity contribution is 5.75. The topological polar surface area (TPSA) is 69.2 Å². The van der Waals surface area contributed by atoms with Gasteiger partial charge in [-0.05, 0) is 32.5 Å². The van der Waals surface area contributed by atoms with Crippen LogP contribution in [0.1, 0.15) is 26.3 Å². The van der Waals surface area contributed by atoms with Crippen LogP contribution in [0.2, 0.25) is 0 Å². The van der Waals surface area contributed by atoms with Gasteiger partial charge in [0.25, 0.3) is 0 Å². The van der Waals surface area contributed by atoms with Gasteiger partial charge in [0.2, 0.25) is 11.8 Å². The van der Waals surface area contributed by atoms with Gasteiger partial charge in [0, 0.05) is 12.6 Å². The Balaban J connectivity index is 2.51. The maximum absolute atomic E-state index is 6.15. The van der Waals surface area contributed by atoms with Crippen molar-refractivity contribution in [1.82, 2.24) is 19.4 Å². The van der Waals surface area contributed by atoms with Crippen LogP contribution in [0.15, 0.2) is 12.1 Å². The Labute approximate surface area is 125 Å². The van der Waals surface area contributed by atoms with Crippen LogP contribution in [-0.2, 0) is 0 Å². The number of methoxy groups -OCH3 is 1. The van der Waals surface area contributed by atoms with Crippen LogP contribution in [0.5, 0.6) is 5.88 Å². The first-order valence-electron chi connectivity index (χ1n) is 7.25. The third kappa shape index (κ3) is 3.44. The van der Waals surface area contributed by atoms with Crippen molar-refractivity contribution in [2.45, 2.75) is 26.3 Å². The molecular formula is C15H25N5O. The van der Waals surface area contributed by atoms with Gasteiger partial charge in [-0.3, -0.25) is 4.57 Å². The molecule has 0 aliphatic rings. The SMILES string of the molecule is COc1ccc2nc(N)n(C(CC(C)C)CN(C)C)c2n1. The molecule has 1 atom stereocenters. The Morgan fingerprint density at radius 3 is 2.57 bits per heavy atom. The number of nitrogens with two attached hydrogens (primary N) is 1. The number of anilines is 1. The molecule has 2 N–H and O–H groups in total. The van der Waals surface area contributed by atoms with Gasteiger partial charge >= 0.3 is 0 Å². The highest BCUT2D eigenvalue weighted by Gasteiger charge is 2.21. The quantitative estimate of drug-likeness (QED) is 0.883. The lowest BCUT2D eigenvalue weighted by Crippen LogP contribution is -2.26. The average molecular weight is 291 g/mol. The summed E-state index contributed by atoms with van der Waals surface area (Å²) in [6.07, 6.45) is 1.02. The van der Waals surface area contributed by atoms with Crippen molar-refractivity contribution in [1.29, 1.82) is 0 Å². The minimum Gasteiger partial charge on any atom is -0.481 e. The number of hydrogen-bond acceptors (Lipinski definition) is 5. The monoisotopic (exact) mass is 291 g/mol. The van der Waals surface area contributed by atoms with E-state index in [4.69, 9.17) is 10.5 Å². The lowest BCUT2D eigenvalue weighted by molar-refractivity contribution is 0.293. The fourth-order valence-electron chi connectivity index (χ4n) is 2.67. The first kappa shape index (κ1) is 15.6. The second-order valence-corrected chi connectivity index (χ2v) is 6.08. The van der Waals surface area contributed by atoms with E-state index < -0.39 is 0 Å². The molecule has 116 valence electrons. The average Bonchev–Trinajstić information content (AvgIpc) is 2.71. The molecule has 2 aromatic rings. The first-order valence-corrected chi connectivity index (χ1v) is 7.25. The largest absolute Gasteiger partial charge is 0.481 e. The van der Waals surface area contributed by atoms with E-state index in [1.165, 1.54) is 0 Å². The van der Waals surface area contributed by atoms with Gasteiger partial charge in [0.15, 0.2) is 5.65 Å². The molecule has 0 amide bonds. The third-order valence-corrected chi connectivity index (χ3v) is 3.43. The summed E-state index contributed by atoms with van der Waals surface area (Å²) in [4.78, 5) is 11.1. The molecule has 0 aliphatic carbocycles. The van der Waals surface area contributed by atoms with Crippen LogP contribution in [0.25, 0.3) is 11.2 Å². The van der Waals surface area contributed by atoms with Crippen LogP contribution in [-0.4, -0.2) is 47.2 Å². The van der Waals surface area contributed by atoms with Gasteiger partial charge in [-0.2, -0.15) is 4.98 Å². The number of ether oxygens (including phenoxy) is 1. The Hall–Kier alpha value is -1.82. The lowest BCUT2D eigenvalue weighted by Gasteiger charge is -2.25. The van der Waals surface area contributed by atoms with E-state index in [1.807, 2.05) is 16.7 Å². The molecule has 0 saturated carbocycles. The molecule has 6 heteroatoms. The third-order valence-electron chi connectivity index (χ3n) is 3.43. The summed E-state index contributed by atoms with van der Waals surface area (Å²) >= 11 is 0. The summed E-state index contributed by atoms with van der Waals surface area (Å²) in [6, 6.07) is 3.95. The minimum atomic E-state index is 0.240. The summed E-state index contributed by atoms with van der Waals surface area (Å²) < 4.78 is 7.26. The van der Waals surface area contributed by atoms with Crippen molar-refractivity contribution < 1.29 is 4.74 Å². The number of likely N-dealkylation sites (N-methyl/N-ethyl adjacent to an activating group) is 1. The Morgan fingerprint density at radius 2 is 2.00 bits per heavy atom. The van der Waals surface area contributed by atoms with E-state index >= 15 is 0 Å². The summed E-state index contributed by atoms with van der Waals surface area (Å²) in [5.41, 5.74) is 7.75. The number of pyridine rings is 1. The zero-order chi connectivity index (χ0) is 15.6. The van der Waals surface area contributed by atoms with E-state index in [2.05, 4.69) is 42.8 Å². The summed E-state index contributed by atoms with van der Waals surface area (Å²) in [7, 11) is 5.75. The summed E-state index contributed by atoms with van der Waals surface area (Å²) in [5.74, 6) is 1.66. The fourth-order valence-corrected chi connectivity index (χ4v) is 2.67. The molecule has 0 aliphatic heterocycles. The molecule has 0 fully saturated rings. The fraction of sp³-hybridized carbons (Fsp3) is 0.600. The number of rotatable bonds is 6. The Morgan fingerprint density at radius 1 is 1.29 bits per heavy atom. The van der Waals surface area contributed by atoms with Crippen molar-refractivity contribution in [3.05, 3.63) is 12.1 Å². The molecule has 0 aromatic carbocycles. The molecule has 2 heterocycles. The maximum atomic E-state index is 6.15. The minimum absolute atomic E-state index is 0.240. The Kier molecular flexibility index (Phi) is 4.67. The van der Waals surface area contributed by atoms with Gasteiger partial charge in [-0.25, -0.2) is 4.98 Å². The molecule has 21 heavy (non-hydrogen) atoms. The molecule has 6 nitrogen and oxygen atoms in total.